The van der Waals surface area contributed by atoms with Gasteiger partial charge in [-0.05, 0) is 57.8 Å². The van der Waals surface area contributed by atoms with Crippen LogP contribution in [0.3, 0.4) is 0 Å². The molecule has 0 spiro atoms. The lowest BCUT2D eigenvalue weighted by atomic mass is 9.98. The lowest BCUT2D eigenvalue weighted by Gasteiger charge is -2.42. The highest BCUT2D eigenvalue weighted by Crippen LogP contribution is 2.27. The molecule has 0 aromatic heterocycles. The van der Waals surface area contributed by atoms with Gasteiger partial charge in [0.15, 0.2) is 12.6 Å². The van der Waals surface area contributed by atoms with Gasteiger partial charge in [-0.15, -0.1) is 0 Å². The van der Waals surface area contributed by atoms with Crippen molar-refractivity contribution in [2.24, 2.45) is 0 Å². The molecule has 0 aliphatic carbocycles. The Labute approximate surface area is 447 Å². The van der Waals surface area contributed by atoms with Crippen LogP contribution in [0.2, 0.25) is 0 Å². The molecule has 7 N–H and O–H groups in total. The smallest absolute Gasteiger partial charge is 0.306 e. The minimum atomic E-state index is -1.71. The van der Waals surface area contributed by atoms with E-state index in [1.165, 1.54) is 109 Å². The van der Waals surface area contributed by atoms with E-state index in [0.29, 0.717) is 13.0 Å². The lowest BCUT2D eigenvalue weighted by molar-refractivity contribution is -0.332. The molecule has 2 heterocycles. The van der Waals surface area contributed by atoms with E-state index in [9.17, 15) is 40.5 Å². The molecule has 11 unspecified atom stereocenters. The molecule has 2 saturated heterocycles. The quantitative estimate of drug-likeness (QED) is 0.0172. The standard InChI is InChI=1S/C60H106O14/c1-3-5-7-9-11-13-15-17-19-21-22-23-24-25-26-27-28-30-32-34-36-38-40-42-44-69-46-49(72-52(62)43-41-39-37-35-33-31-29-20-18-16-14-12-10-8-6-4-2)47-70-59-58(68)56(66)54(64)51(74-59)48-71-60-57(67)55(65)53(63)50(45-61)73-60/h5,7,11,13,17,19,22-23,25-26,49-51,53-61,63-68H,3-4,6,8-10,12,14-16,18,20-21,24,27-48H2,1-2H3/b7-5-,13-11-,19-17-,23-22-,26-25-. The van der Waals surface area contributed by atoms with Gasteiger partial charge in [0.2, 0.25) is 0 Å². The third kappa shape index (κ3) is 33.1. The first-order valence-electron chi connectivity index (χ1n) is 29.4. The molecule has 0 radical (unpaired) electrons. The summed E-state index contributed by atoms with van der Waals surface area (Å²) in [7, 11) is 0. The minimum Gasteiger partial charge on any atom is -0.457 e. The number of esters is 1. The van der Waals surface area contributed by atoms with Crippen molar-refractivity contribution in [3.05, 3.63) is 60.8 Å². The van der Waals surface area contributed by atoms with Crippen molar-refractivity contribution < 1.29 is 69.0 Å². The monoisotopic (exact) mass is 1050 g/mol. The third-order valence-corrected chi connectivity index (χ3v) is 13.8. The molecular weight excluding hydrogens is 945 g/mol. The molecule has 0 bridgehead atoms. The van der Waals surface area contributed by atoms with E-state index < -0.39 is 80.7 Å². The van der Waals surface area contributed by atoms with Crippen LogP contribution in [0.5, 0.6) is 0 Å². The molecular formula is C60H106O14. The summed E-state index contributed by atoms with van der Waals surface area (Å²) in [6.45, 7) is 3.58. The summed E-state index contributed by atoms with van der Waals surface area (Å²) in [5.41, 5.74) is 0. The predicted octanol–water partition coefficient (Wildman–Crippen LogP) is 10.5. The van der Waals surface area contributed by atoms with Gasteiger partial charge in [0.1, 0.15) is 54.9 Å². The second-order valence-electron chi connectivity index (χ2n) is 20.4. The number of ether oxygens (including phenoxy) is 6. The number of aliphatic hydroxyl groups is 7. The fraction of sp³-hybridized carbons (Fsp3) is 0.817. The molecule has 14 heteroatoms. The van der Waals surface area contributed by atoms with E-state index >= 15 is 0 Å². The summed E-state index contributed by atoms with van der Waals surface area (Å²) in [5.74, 6) is -0.378. The van der Waals surface area contributed by atoms with E-state index in [0.717, 1.165) is 77.0 Å². The maximum Gasteiger partial charge on any atom is 0.306 e. The second-order valence-corrected chi connectivity index (χ2v) is 20.4. The Bertz CT molecular complexity index is 1450. The Balaban J connectivity index is 1.71. The summed E-state index contributed by atoms with van der Waals surface area (Å²) in [4.78, 5) is 13.1. The summed E-state index contributed by atoms with van der Waals surface area (Å²) >= 11 is 0. The molecule has 2 fully saturated rings. The van der Waals surface area contributed by atoms with Gasteiger partial charge in [-0.25, -0.2) is 0 Å². The maximum absolute atomic E-state index is 13.1. The van der Waals surface area contributed by atoms with Crippen LogP contribution in [0.15, 0.2) is 60.8 Å². The summed E-state index contributed by atoms with van der Waals surface area (Å²) in [6.07, 6.45) is 41.3. The fourth-order valence-corrected chi connectivity index (χ4v) is 9.08. The number of rotatable bonds is 47. The number of allylic oxidation sites excluding steroid dienone is 10. The first-order valence-corrected chi connectivity index (χ1v) is 29.4. The van der Waals surface area contributed by atoms with Crippen molar-refractivity contribution in [1.82, 2.24) is 0 Å². The molecule has 0 aromatic carbocycles. The van der Waals surface area contributed by atoms with Crippen LogP contribution in [0.25, 0.3) is 0 Å². The molecule has 0 amide bonds. The first-order chi connectivity index (χ1) is 36.1. The van der Waals surface area contributed by atoms with Gasteiger partial charge in [0.05, 0.1) is 26.4 Å². The van der Waals surface area contributed by atoms with Crippen molar-refractivity contribution in [1.29, 1.82) is 0 Å². The van der Waals surface area contributed by atoms with Crippen LogP contribution in [0, 0.1) is 0 Å². The number of carbonyl (C=O) groups excluding carboxylic acids is 1. The second kappa shape index (κ2) is 46.8. The molecule has 2 rings (SSSR count). The predicted molar refractivity (Wildman–Crippen MR) is 293 cm³/mol. The molecule has 14 nitrogen and oxygen atoms in total. The minimum absolute atomic E-state index is 0.0558. The zero-order chi connectivity index (χ0) is 53.7. The van der Waals surface area contributed by atoms with Crippen molar-refractivity contribution in [3.63, 3.8) is 0 Å². The van der Waals surface area contributed by atoms with Crippen LogP contribution in [-0.2, 0) is 33.2 Å². The molecule has 2 aliphatic rings. The highest BCUT2D eigenvalue weighted by atomic mass is 16.7. The van der Waals surface area contributed by atoms with Crippen LogP contribution >= 0.6 is 0 Å². The van der Waals surface area contributed by atoms with E-state index in [1.54, 1.807) is 0 Å². The highest BCUT2D eigenvalue weighted by Gasteiger charge is 2.47. The zero-order valence-electron chi connectivity index (χ0n) is 46.1. The Hall–Kier alpha value is -2.31. The highest BCUT2D eigenvalue weighted by molar-refractivity contribution is 5.69. The first kappa shape index (κ1) is 67.8. The Morgan fingerprint density at radius 1 is 0.459 bits per heavy atom. The van der Waals surface area contributed by atoms with Gasteiger partial charge in [0.25, 0.3) is 0 Å². The summed E-state index contributed by atoms with van der Waals surface area (Å²) in [5, 5.41) is 72.3. The summed E-state index contributed by atoms with van der Waals surface area (Å²) in [6, 6.07) is 0. The van der Waals surface area contributed by atoms with E-state index in [-0.39, 0.29) is 25.6 Å². The van der Waals surface area contributed by atoms with Gasteiger partial charge in [-0.1, -0.05) is 209 Å². The van der Waals surface area contributed by atoms with Gasteiger partial charge < -0.3 is 64.2 Å². The van der Waals surface area contributed by atoms with Crippen LogP contribution in [0.4, 0.5) is 0 Å². The van der Waals surface area contributed by atoms with Gasteiger partial charge in [-0.2, -0.15) is 0 Å². The maximum atomic E-state index is 13.1. The van der Waals surface area contributed by atoms with Crippen molar-refractivity contribution in [2.75, 3.05) is 33.0 Å². The van der Waals surface area contributed by atoms with Crippen LogP contribution in [0.1, 0.15) is 213 Å². The Morgan fingerprint density at radius 3 is 1.38 bits per heavy atom. The molecule has 0 saturated carbocycles. The molecule has 2 aliphatic heterocycles. The molecule has 11 atom stereocenters. The average Bonchev–Trinajstić information content (AvgIpc) is 3.40. The Morgan fingerprint density at radius 2 is 0.878 bits per heavy atom. The fourth-order valence-electron chi connectivity index (χ4n) is 9.08. The van der Waals surface area contributed by atoms with E-state index in [4.69, 9.17) is 28.4 Å². The van der Waals surface area contributed by atoms with Crippen molar-refractivity contribution >= 4 is 5.97 Å². The zero-order valence-corrected chi connectivity index (χ0v) is 46.1. The van der Waals surface area contributed by atoms with E-state index in [2.05, 4.69) is 74.6 Å². The van der Waals surface area contributed by atoms with Gasteiger partial charge >= 0.3 is 5.97 Å². The number of hydrogen-bond donors (Lipinski definition) is 7. The van der Waals surface area contributed by atoms with Gasteiger partial charge in [-0.3, -0.25) is 4.79 Å². The van der Waals surface area contributed by atoms with Crippen molar-refractivity contribution in [3.8, 4) is 0 Å². The SMILES string of the molecule is CC/C=C\C/C=C\C/C=C\C/C=C\C/C=C\CCCCCCCCCCOCC(COC1OC(COC2OC(CO)C(O)C(O)C2O)C(O)C(O)C1O)OC(=O)CCCCCCCCCCCCCCCCCC. The lowest BCUT2D eigenvalue weighted by Crippen LogP contribution is -2.61. The Kier molecular flexibility index (Phi) is 42.8. The average molecular weight is 1050 g/mol. The normalized spacial score (nSPS) is 25.2. The molecule has 0 aromatic rings. The topological polar surface area (TPSA) is 214 Å². The third-order valence-electron chi connectivity index (χ3n) is 13.8. The van der Waals surface area contributed by atoms with Crippen LogP contribution < -0.4 is 0 Å². The van der Waals surface area contributed by atoms with Gasteiger partial charge in [0, 0.05) is 13.0 Å². The largest absolute Gasteiger partial charge is 0.457 e. The van der Waals surface area contributed by atoms with Crippen LogP contribution in [-0.4, -0.2) is 142 Å². The number of carbonyl (C=O) groups is 1. The van der Waals surface area contributed by atoms with Crippen molar-refractivity contribution in [2.45, 2.75) is 280 Å². The number of hydrogen-bond acceptors (Lipinski definition) is 14. The molecule has 430 valence electrons. The number of unbranched alkanes of at least 4 members (excludes halogenated alkanes) is 23. The van der Waals surface area contributed by atoms with E-state index in [1.807, 2.05) is 0 Å². The number of aliphatic hydroxyl groups excluding tert-OH is 7. The molecule has 74 heavy (non-hydrogen) atoms. The summed E-state index contributed by atoms with van der Waals surface area (Å²) < 4.78 is 34.4.